The number of phenols is 1. The van der Waals surface area contributed by atoms with Gasteiger partial charge in [0.25, 0.3) is 11.6 Å². The van der Waals surface area contributed by atoms with E-state index in [9.17, 15) is 20.0 Å². The molecule has 0 atom stereocenters. The van der Waals surface area contributed by atoms with Gasteiger partial charge in [-0.25, -0.2) is 5.43 Å². The number of nitrogens with zero attached hydrogens (tertiary/aromatic N) is 2. The summed E-state index contributed by atoms with van der Waals surface area (Å²) in [5.74, 6) is -0.755. The first-order valence-electron chi connectivity index (χ1n) is 7.35. The van der Waals surface area contributed by atoms with E-state index in [0.29, 0.717) is 5.39 Å². The third kappa shape index (κ3) is 3.30. The third-order valence-corrected chi connectivity index (χ3v) is 3.65. The maximum atomic E-state index is 12.2. The molecule has 0 aliphatic rings. The van der Waals surface area contributed by atoms with E-state index in [1.165, 1.54) is 24.4 Å². The molecule has 0 saturated carbocycles. The second-order valence-electron chi connectivity index (χ2n) is 5.20. The van der Waals surface area contributed by atoms with Gasteiger partial charge in [-0.05, 0) is 17.5 Å². The molecule has 3 aromatic carbocycles. The number of fused-ring (bicyclic) bond motifs is 1. The van der Waals surface area contributed by atoms with Gasteiger partial charge in [-0.1, -0.05) is 42.5 Å². The number of nitro groups is 1. The van der Waals surface area contributed by atoms with Crippen LogP contribution in [0.3, 0.4) is 0 Å². The van der Waals surface area contributed by atoms with Crippen molar-refractivity contribution in [3.05, 3.63) is 81.9 Å². The minimum absolute atomic E-state index is 0.0680. The Hall–Kier alpha value is -3.74. The van der Waals surface area contributed by atoms with Crippen molar-refractivity contribution in [2.45, 2.75) is 0 Å². The Morgan fingerprint density at radius 2 is 1.80 bits per heavy atom. The van der Waals surface area contributed by atoms with E-state index in [-0.39, 0.29) is 22.6 Å². The first-order chi connectivity index (χ1) is 12.1. The molecule has 3 aromatic rings. The summed E-state index contributed by atoms with van der Waals surface area (Å²) in [6.45, 7) is 0. The molecule has 2 N–H and O–H groups in total. The van der Waals surface area contributed by atoms with E-state index in [0.717, 1.165) is 5.39 Å². The number of aromatic hydroxyl groups is 1. The molecule has 7 heteroatoms. The van der Waals surface area contributed by atoms with Crippen molar-refractivity contribution in [3.63, 3.8) is 0 Å². The van der Waals surface area contributed by atoms with Crippen LogP contribution in [-0.2, 0) is 0 Å². The topological polar surface area (TPSA) is 105 Å². The number of carbonyl (C=O) groups excluding carboxylic acids is 1. The number of para-hydroxylation sites is 1. The van der Waals surface area contributed by atoms with Crippen molar-refractivity contribution in [2.75, 3.05) is 0 Å². The number of rotatable bonds is 4. The standard InChI is InChI=1S/C18H13N3O4/c22-17-14-7-3-1-5-12(14)9-10-15(17)18(23)20-19-11-13-6-2-4-8-16(13)21(24)25/h1-11,22H,(H,20,23)/b19-11-. The number of phenolic OH excluding ortho intramolecular Hbond substituents is 1. The molecule has 124 valence electrons. The molecule has 0 aromatic heterocycles. The molecule has 0 unspecified atom stereocenters. The second kappa shape index (κ2) is 6.79. The molecule has 25 heavy (non-hydrogen) atoms. The molecule has 0 spiro atoms. The van der Waals surface area contributed by atoms with Gasteiger partial charge in [0.15, 0.2) is 0 Å². The molecular formula is C18H13N3O4. The van der Waals surface area contributed by atoms with Crippen molar-refractivity contribution >= 4 is 28.6 Å². The highest BCUT2D eigenvalue weighted by molar-refractivity contribution is 6.03. The van der Waals surface area contributed by atoms with Crippen molar-refractivity contribution in [3.8, 4) is 5.75 Å². The normalized spacial score (nSPS) is 10.9. The number of carbonyl (C=O) groups is 1. The van der Waals surface area contributed by atoms with Gasteiger partial charge in [0.2, 0.25) is 0 Å². The highest BCUT2D eigenvalue weighted by atomic mass is 16.6. The van der Waals surface area contributed by atoms with E-state index in [1.54, 1.807) is 30.3 Å². The highest BCUT2D eigenvalue weighted by Crippen LogP contribution is 2.28. The lowest BCUT2D eigenvalue weighted by Crippen LogP contribution is -2.17. The average molecular weight is 335 g/mol. The van der Waals surface area contributed by atoms with E-state index in [2.05, 4.69) is 10.5 Å². The van der Waals surface area contributed by atoms with Crippen LogP contribution in [0.25, 0.3) is 10.8 Å². The van der Waals surface area contributed by atoms with Gasteiger partial charge < -0.3 is 5.11 Å². The van der Waals surface area contributed by atoms with E-state index in [1.807, 2.05) is 12.1 Å². The highest BCUT2D eigenvalue weighted by Gasteiger charge is 2.14. The Morgan fingerprint density at radius 3 is 2.60 bits per heavy atom. The van der Waals surface area contributed by atoms with Gasteiger partial charge in [-0.3, -0.25) is 14.9 Å². The molecule has 0 saturated heterocycles. The molecule has 0 bridgehead atoms. The van der Waals surface area contributed by atoms with Gasteiger partial charge in [-0.2, -0.15) is 5.10 Å². The molecule has 0 heterocycles. The van der Waals surface area contributed by atoms with Crippen LogP contribution in [0, 0.1) is 10.1 Å². The van der Waals surface area contributed by atoms with Crippen LogP contribution in [0.5, 0.6) is 5.75 Å². The third-order valence-electron chi connectivity index (χ3n) is 3.65. The number of hydrazone groups is 1. The first-order valence-corrected chi connectivity index (χ1v) is 7.35. The van der Waals surface area contributed by atoms with Crippen LogP contribution in [0.1, 0.15) is 15.9 Å². The number of nitro benzene ring substituents is 1. The van der Waals surface area contributed by atoms with E-state index in [4.69, 9.17) is 0 Å². The molecule has 3 rings (SSSR count). The zero-order valence-corrected chi connectivity index (χ0v) is 12.9. The minimum Gasteiger partial charge on any atom is -0.506 e. The maximum absolute atomic E-state index is 12.2. The Kier molecular flexibility index (Phi) is 4.38. The summed E-state index contributed by atoms with van der Waals surface area (Å²) in [5, 5.41) is 26.3. The fourth-order valence-electron chi connectivity index (χ4n) is 2.42. The molecule has 0 aliphatic heterocycles. The average Bonchev–Trinajstić information content (AvgIpc) is 2.62. The van der Waals surface area contributed by atoms with Crippen molar-refractivity contribution < 1.29 is 14.8 Å². The Bertz CT molecular complexity index is 999. The quantitative estimate of drug-likeness (QED) is 0.434. The summed E-state index contributed by atoms with van der Waals surface area (Å²) in [6, 6.07) is 16.4. The SMILES string of the molecule is O=C(N/N=C\c1ccccc1[N+](=O)[O-])c1ccc2ccccc2c1O. The lowest BCUT2D eigenvalue weighted by molar-refractivity contribution is -0.385. The zero-order valence-electron chi connectivity index (χ0n) is 12.9. The van der Waals surface area contributed by atoms with Crippen molar-refractivity contribution in [1.82, 2.24) is 5.43 Å². The zero-order chi connectivity index (χ0) is 17.8. The number of nitrogens with one attached hydrogen (secondary N) is 1. The van der Waals surface area contributed by atoms with Crippen LogP contribution in [0.15, 0.2) is 65.8 Å². The summed E-state index contributed by atoms with van der Waals surface area (Å²) in [5.41, 5.74) is 2.48. The van der Waals surface area contributed by atoms with Gasteiger partial charge in [0.05, 0.1) is 22.3 Å². The summed E-state index contributed by atoms with van der Waals surface area (Å²) >= 11 is 0. The van der Waals surface area contributed by atoms with Crippen LogP contribution in [0.2, 0.25) is 0 Å². The number of amides is 1. The fraction of sp³-hybridized carbons (Fsp3) is 0. The Labute approximate surface area is 142 Å². The number of hydrogen-bond acceptors (Lipinski definition) is 5. The Morgan fingerprint density at radius 1 is 1.08 bits per heavy atom. The lowest BCUT2D eigenvalue weighted by Gasteiger charge is -2.06. The van der Waals surface area contributed by atoms with E-state index >= 15 is 0 Å². The predicted octanol–water partition coefficient (Wildman–Crippen LogP) is 3.22. The summed E-state index contributed by atoms with van der Waals surface area (Å²) in [6.07, 6.45) is 1.19. The molecule has 0 radical (unpaired) electrons. The van der Waals surface area contributed by atoms with Crippen LogP contribution < -0.4 is 5.43 Å². The molecular weight excluding hydrogens is 322 g/mol. The lowest BCUT2D eigenvalue weighted by atomic mass is 10.1. The van der Waals surface area contributed by atoms with Gasteiger partial charge in [0, 0.05) is 11.5 Å². The molecule has 0 fully saturated rings. The summed E-state index contributed by atoms with van der Waals surface area (Å²) in [7, 11) is 0. The van der Waals surface area contributed by atoms with E-state index < -0.39 is 10.8 Å². The smallest absolute Gasteiger partial charge is 0.278 e. The number of hydrogen-bond donors (Lipinski definition) is 2. The predicted molar refractivity (Wildman–Crippen MR) is 93.8 cm³/mol. The maximum Gasteiger partial charge on any atom is 0.278 e. The van der Waals surface area contributed by atoms with Gasteiger partial charge in [0.1, 0.15) is 5.75 Å². The number of benzene rings is 3. The summed E-state index contributed by atoms with van der Waals surface area (Å²) < 4.78 is 0. The molecule has 1 amide bonds. The summed E-state index contributed by atoms with van der Waals surface area (Å²) in [4.78, 5) is 22.6. The van der Waals surface area contributed by atoms with Crippen molar-refractivity contribution in [2.24, 2.45) is 5.10 Å². The van der Waals surface area contributed by atoms with Crippen molar-refractivity contribution in [1.29, 1.82) is 0 Å². The van der Waals surface area contributed by atoms with Crippen LogP contribution in [-0.4, -0.2) is 22.2 Å². The van der Waals surface area contributed by atoms with Crippen LogP contribution >= 0.6 is 0 Å². The largest absolute Gasteiger partial charge is 0.506 e. The fourth-order valence-corrected chi connectivity index (χ4v) is 2.42. The first kappa shape index (κ1) is 16.1. The van der Waals surface area contributed by atoms with Gasteiger partial charge >= 0.3 is 0 Å². The Balaban J connectivity index is 1.82. The minimum atomic E-state index is -0.613. The monoisotopic (exact) mass is 335 g/mol. The molecule has 0 aliphatic carbocycles. The molecule has 7 nitrogen and oxygen atoms in total. The van der Waals surface area contributed by atoms with Gasteiger partial charge in [-0.15, -0.1) is 0 Å². The second-order valence-corrected chi connectivity index (χ2v) is 5.20. The van der Waals surface area contributed by atoms with Crippen LogP contribution in [0.4, 0.5) is 5.69 Å².